The molecule has 1 fully saturated rings. The van der Waals surface area contributed by atoms with E-state index in [-0.39, 0.29) is 37.0 Å². The normalized spacial score (nSPS) is 20.0. The van der Waals surface area contributed by atoms with Crippen molar-refractivity contribution in [2.24, 2.45) is 0 Å². The monoisotopic (exact) mass is 350 g/mol. The third-order valence-electron chi connectivity index (χ3n) is 4.06. The molecule has 1 heterocycles. The fourth-order valence-electron chi connectivity index (χ4n) is 2.59. The van der Waals surface area contributed by atoms with Gasteiger partial charge in [-0.25, -0.2) is 0 Å². The number of amides is 2. The molecule has 1 aromatic carbocycles. The van der Waals surface area contributed by atoms with Crippen LogP contribution in [0.5, 0.6) is 5.75 Å². The van der Waals surface area contributed by atoms with E-state index in [9.17, 15) is 9.59 Å². The largest absolute Gasteiger partial charge is 0.497 e. The molecule has 0 radical (unpaired) electrons. The van der Waals surface area contributed by atoms with E-state index in [0.29, 0.717) is 19.6 Å². The molecule has 2 atom stereocenters. The third-order valence-corrected chi connectivity index (χ3v) is 4.06. The van der Waals surface area contributed by atoms with Gasteiger partial charge in [-0.15, -0.1) is 0 Å². The lowest BCUT2D eigenvalue weighted by atomic mass is 10.1. The number of nitrogens with one attached hydrogen (secondary N) is 1. The second-order valence-corrected chi connectivity index (χ2v) is 6.20. The van der Waals surface area contributed by atoms with Gasteiger partial charge in [-0.05, 0) is 24.1 Å². The Bertz CT molecular complexity index is 591. The summed E-state index contributed by atoms with van der Waals surface area (Å²) in [4.78, 5) is 25.5. The van der Waals surface area contributed by atoms with Gasteiger partial charge in [-0.1, -0.05) is 12.1 Å². The van der Waals surface area contributed by atoms with Crippen molar-refractivity contribution >= 4 is 11.8 Å². The van der Waals surface area contributed by atoms with Crippen LogP contribution in [0.4, 0.5) is 0 Å². The number of likely N-dealkylation sites (N-methyl/N-ethyl adjacent to an activating group) is 1. The third kappa shape index (κ3) is 6.03. The molecule has 0 bridgehead atoms. The summed E-state index contributed by atoms with van der Waals surface area (Å²) in [6.45, 7) is 0.938. The molecule has 7 heteroatoms. The number of rotatable bonds is 7. The Kier molecular flexibility index (Phi) is 7.21. The molecule has 2 amide bonds. The predicted molar refractivity (Wildman–Crippen MR) is 92.5 cm³/mol. The fraction of sp³-hybridized carbons (Fsp3) is 0.556. The zero-order valence-electron chi connectivity index (χ0n) is 15.0. The highest BCUT2D eigenvalue weighted by Gasteiger charge is 2.28. The lowest BCUT2D eigenvalue weighted by Crippen LogP contribution is -2.51. The minimum absolute atomic E-state index is 0.0000781. The van der Waals surface area contributed by atoms with Crippen LogP contribution in [0.1, 0.15) is 12.0 Å². The van der Waals surface area contributed by atoms with Crippen LogP contribution < -0.4 is 10.1 Å². The summed E-state index contributed by atoms with van der Waals surface area (Å²) in [6.07, 6.45) is 0.661. The molecule has 0 saturated carbocycles. The van der Waals surface area contributed by atoms with Gasteiger partial charge in [-0.2, -0.15) is 0 Å². The van der Waals surface area contributed by atoms with Crippen molar-refractivity contribution < 1.29 is 23.8 Å². The van der Waals surface area contributed by atoms with Crippen molar-refractivity contribution in [3.8, 4) is 5.75 Å². The maximum Gasteiger partial charge on any atom is 0.248 e. The number of methoxy groups -OCH3 is 1. The first-order valence-corrected chi connectivity index (χ1v) is 8.31. The van der Waals surface area contributed by atoms with Crippen LogP contribution in [0.3, 0.4) is 0 Å². The van der Waals surface area contributed by atoms with E-state index in [2.05, 4.69) is 5.32 Å². The van der Waals surface area contributed by atoms with E-state index in [1.165, 1.54) is 4.90 Å². The molecule has 25 heavy (non-hydrogen) atoms. The summed E-state index contributed by atoms with van der Waals surface area (Å²) in [5, 5.41) is 2.95. The summed E-state index contributed by atoms with van der Waals surface area (Å²) in [5.74, 6) is 0.499. The van der Waals surface area contributed by atoms with E-state index < -0.39 is 0 Å². The zero-order valence-corrected chi connectivity index (χ0v) is 15.0. The number of hydrogen-bond acceptors (Lipinski definition) is 5. The average Bonchev–Trinajstić information content (AvgIpc) is 2.60. The van der Waals surface area contributed by atoms with Crippen LogP contribution in [-0.2, 0) is 25.5 Å². The molecule has 2 rings (SSSR count). The number of benzene rings is 1. The molecule has 1 aliphatic rings. The van der Waals surface area contributed by atoms with Crippen molar-refractivity contribution in [1.82, 2.24) is 10.2 Å². The second kappa shape index (κ2) is 9.39. The molecule has 0 aliphatic carbocycles. The number of carbonyl (C=O) groups excluding carboxylic acids is 2. The number of ether oxygens (including phenoxy) is 3. The van der Waals surface area contributed by atoms with Crippen LogP contribution in [0.25, 0.3) is 0 Å². The SMILES string of the molecule is COc1cccc(CC(=O)NC2COCCC2OCC(=O)N(C)C)c1. The predicted octanol–water partition coefficient (Wildman–Crippen LogP) is 0.616. The fourth-order valence-corrected chi connectivity index (χ4v) is 2.59. The van der Waals surface area contributed by atoms with Crippen LogP contribution in [0.15, 0.2) is 24.3 Å². The van der Waals surface area contributed by atoms with E-state index in [1.807, 2.05) is 24.3 Å². The van der Waals surface area contributed by atoms with Gasteiger partial charge in [0.05, 0.1) is 32.3 Å². The van der Waals surface area contributed by atoms with E-state index >= 15 is 0 Å². The van der Waals surface area contributed by atoms with Crippen molar-refractivity contribution in [3.63, 3.8) is 0 Å². The van der Waals surface area contributed by atoms with Gasteiger partial charge in [0.15, 0.2) is 0 Å². The molecule has 0 spiro atoms. The summed E-state index contributed by atoms with van der Waals surface area (Å²) < 4.78 is 16.3. The highest BCUT2D eigenvalue weighted by Crippen LogP contribution is 2.15. The molecular formula is C18H26N2O5. The highest BCUT2D eigenvalue weighted by molar-refractivity contribution is 5.79. The first-order chi connectivity index (χ1) is 12.0. The Hall–Kier alpha value is -2.12. The van der Waals surface area contributed by atoms with Gasteiger partial charge in [0, 0.05) is 20.7 Å². The topological polar surface area (TPSA) is 77.1 Å². The van der Waals surface area contributed by atoms with Crippen LogP contribution in [-0.4, -0.2) is 69.9 Å². The summed E-state index contributed by atoms with van der Waals surface area (Å²) in [5.41, 5.74) is 0.869. The molecule has 138 valence electrons. The zero-order chi connectivity index (χ0) is 18.2. The highest BCUT2D eigenvalue weighted by atomic mass is 16.5. The number of nitrogens with zero attached hydrogens (tertiary/aromatic N) is 1. The molecule has 1 N–H and O–H groups in total. The van der Waals surface area contributed by atoms with E-state index in [1.54, 1.807) is 21.2 Å². The maximum absolute atomic E-state index is 12.3. The van der Waals surface area contributed by atoms with Gasteiger partial charge >= 0.3 is 0 Å². The average molecular weight is 350 g/mol. The molecular weight excluding hydrogens is 324 g/mol. The van der Waals surface area contributed by atoms with Crippen molar-refractivity contribution in [3.05, 3.63) is 29.8 Å². The van der Waals surface area contributed by atoms with Gasteiger partial charge in [-0.3, -0.25) is 9.59 Å². The first-order valence-electron chi connectivity index (χ1n) is 8.31. The second-order valence-electron chi connectivity index (χ2n) is 6.20. The quantitative estimate of drug-likeness (QED) is 0.780. The van der Waals surface area contributed by atoms with Gasteiger partial charge < -0.3 is 24.4 Å². The van der Waals surface area contributed by atoms with Gasteiger partial charge in [0.1, 0.15) is 12.4 Å². The standard InChI is InChI=1S/C18H26N2O5/c1-20(2)18(22)12-25-16-7-8-24-11-15(16)19-17(21)10-13-5-4-6-14(9-13)23-3/h4-6,9,15-16H,7-8,10-12H2,1-3H3,(H,19,21). The van der Waals surface area contributed by atoms with Crippen LogP contribution >= 0.6 is 0 Å². The Morgan fingerprint density at radius 2 is 2.16 bits per heavy atom. The molecule has 1 aliphatic heterocycles. The van der Waals surface area contributed by atoms with Crippen molar-refractivity contribution in [2.45, 2.75) is 25.0 Å². The number of carbonyl (C=O) groups is 2. The number of hydrogen-bond donors (Lipinski definition) is 1. The minimum Gasteiger partial charge on any atom is -0.497 e. The van der Waals surface area contributed by atoms with Crippen LogP contribution in [0, 0.1) is 0 Å². The first kappa shape index (κ1) is 19.2. The maximum atomic E-state index is 12.3. The molecule has 7 nitrogen and oxygen atoms in total. The summed E-state index contributed by atoms with van der Waals surface area (Å²) >= 11 is 0. The smallest absolute Gasteiger partial charge is 0.248 e. The molecule has 1 saturated heterocycles. The Balaban J connectivity index is 1.88. The Labute approximate surface area is 148 Å². The van der Waals surface area contributed by atoms with Crippen molar-refractivity contribution in [2.75, 3.05) is 41.0 Å². The molecule has 1 aromatic rings. The van der Waals surface area contributed by atoms with E-state index in [4.69, 9.17) is 14.2 Å². The van der Waals surface area contributed by atoms with Gasteiger partial charge in [0.25, 0.3) is 0 Å². The molecule has 2 unspecified atom stereocenters. The van der Waals surface area contributed by atoms with E-state index in [0.717, 1.165) is 11.3 Å². The summed E-state index contributed by atoms with van der Waals surface area (Å²) in [6, 6.07) is 7.14. The Morgan fingerprint density at radius 3 is 2.88 bits per heavy atom. The summed E-state index contributed by atoms with van der Waals surface area (Å²) in [7, 11) is 4.96. The lowest BCUT2D eigenvalue weighted by molar-refractivity contribution is -0.140. The lowest BCUT2D eigenvalue weighted by Gasteiger charge is -2.32. The molecule has 0 aromatic heterocycles. The van der Waals surface area contributed by atoms with Crippen molar-refractivity contribution in [1.29, 1.82) is 0 Å². The van der Waals surface area contributed by atoms with Crippen LogP contribution in [0.2, 0.25) is 0 Å². The minimum atomic E-state index is -0.262. The van der Waals surface area contributed by atoms with Gasteiger partial charge in [0.2, 0.25) is 11.8 Å². The Morgan fingerprint density at radius 1 is 1.36 bits per heavy atom.